The van der Waals surface area contributed by atoms with Crippen LogP contribution < -0.4 is 9.80 Å². The SMILES string of the molecule is CN(C)c1cc(C(F)(F)F)nc(N(CCO)C2CC2)n1. The Morgan fingerprint density at radius 3 is 2.40 bits per heavy atom. The van der Waals surface area contributed by atoms with E-state index in [4.69, 9.17) is 5.11 Å². The van der Waals surface area contributed by atoms with Crippen molar-refractivity contribution in [2.24, 2.45) is 0 Å². The van der Waals surface area contributed by atoms with Crippen molar-refractivity contribution < 1.29 is 18.3 Å². The van der Waals surface area contributed by atoms with Crippen LogP contribution in [0.1, 0.15) is 18.5 Å². The molecule has 0 amide bonds. The van der Waals surface area contributed by atoms with Crippen molar-refractivity contribution in [3.8, 4) is 0 Å². The summed E-state index contributed by atoms with van der Waals surface area (Å²) in [5.74, 6) is 0.228. The van der Waals surface area contributed by atoms with Gasteiger partial charge in [0.2, 0.25) is 5.95 Å². The molecular formula is C12H17F3N4O. The molecule has 1 aliphatic rings. The monoisotopic (exact) mass is 290 g/mol. The van der Waals surface area contributed by atoms with E-state index in [1.54, 1.807) is 19.0 Å². The second-order valence-electron chi connectivity index (χ2n) is 4.95. The van der Waals surface area contributed by atoms with Crippen LogP contribution in [0.5, 0.6) is 0 Å². The van der Waals surface area contributed by atoms with Gasteiger partial charge in [0.15, 0.2) is 5.69 Å². The largest absolute Gasteiger partial charge is 0.433 e. The Hall–Kier alpha value is -1.57. The molecule has 112 valence electrons. The minimum Gasteiger partial charge on any atom is -0.395 e. The number of hydrogen-bond donors (Lipinski definition) is 1. The predicted molar refractivity (Wildman–Crippen MR) is 68.8 cm³/mol. The highest BCUT2D eigenvalue weighted by Crippen LogP contribution is 2.34. The molecule has 0 bridgehead atoms. The lowest BCUT2D eigenvalue weighted by Crippen LogP contribution is -2.32. The van der Waals surface area contributed by atoms with Gasteiger partial charge in [-0.2, -0.15) is 18.2 Å². The minimum absolute atomic E-state index is 0.0278. The van der Waals surface area contributed by atoms with Crippen molar-refractivity contribution in [2.45, 2.75) is 25.1 Å². The van der Waals surface area contributed by atoms with Crippen LogP contribution >= 0.6 is 0 Å². The van der Waals surface area contributed by atoms with Crippen LogP contribution in [0.4, 0.5) is 24.9 Å². The van der Waals surface area contributed by atoms with E-state index in [1.807, 2.05) is 0 Å². The molecule has 1 aromatic rings. The molecule has 0 unspecified atom stereocenters. The number of hydrogen-bond acceptors (Lipinski definition) is 5. The Balaban J connectivity index is 2.42. The molecule has 20 heavy (non-hydrogen) atoms. The summed E-state index contributed by atoms with van der Waals surface area (Å²) in [6.45, 7) is 0.0895. The highest BCUT2D eigenvalue weighted by Gasteiger charge is 2.36. The van der Waals surface area contributed by atoms with E-state index in [2.05, 4.69) is 9.97 Å². The summed E-state index contributed by atoms with van der Waals surface area (Å²) in [6, 6.07) is 1.05. The number of halogens is 3. The second-order valence-corrected chi connectivity index (χ2v) is 4.95. The molecule has 8 heteroatoms. The first kappa shape index (κ1) is 14.8. The molecule has 0 aromatic carbocycles. The van der Waals surface area contributed by atoms with Crippen molar-refractivity contribution in [2.75, 3.05) is 37.0 Å². The van der Waals surface area contributed by atoms with Gasteiger partial charge in [-0.25, -0.2) is 4.98 Å². The predicted octanol–water partition coefficient (Wildman–Crippen LogP) is 1.52. The highest BCUT2D eigenvalue weighted by atomic mass is 19.4. The Bertz CT molecular complexity index is 474. The third-order valence-electron chi connectivity index (χ3n) is 3.03. The first-order valence-corrected chi connectivity index (χ1v) is 6.34. The molecule has 1 saturated carbocycles. The Morgan fingerprint density at radius 1 is 1.30 bits per heavy atom. The van der Waals surface area contributed by atoms with Gasteiger partial charge in [-0.3, -0.25) is 0 Å². The van der Waals surface area contributed by atoms with Crippen molar-refractivity contribution in [3.63, 3.8) is 0 Å². The van der Waals surface area contributed by atoms with E-state index in [-0.39, 0.29) is 31.0 Å². The number of aliphatic hydroxyl groups is 1. The zero-order valence-electron chi connectivity index (χ0n) is 11.4. The molecule has 1 aromatic heterocycles. The number of anilines is 2. The molecular weight excluding hydrogens is 273 g/mol. The summed E-state index contributed by atoms with van der Waals surface area (Å²) in [4.78, 5) is 10.9. The van der Waals surface area contributed by atoms with Crippen molar-refractivity contribution in [1.82, 2.24) is 9.97 Å². The fourth-order valence-electron chi connectivity index (χ4n) is 1.86. The van der Waals surface area contributed by atoms with Crippen molar-refractivity contribution in [1.29, 1.82) is 0 Å². The van der Waals surface area contributed by atoms with Crippen molar-refractivity contribution >= 4 is 11.8 Å². The Kier molecular flexibility index (Phi) is 4.03. The molecule has 1 fully saturated rings. The zero-order valence-corrected chi connectivity index (χ0v) is 11.4. The maximum absolute atomic E-state index is 12.9. The van der Waals surface area contributed by atoms with E-state index < -0.39 is 11.9 Å². The lowest BCUT2D eigenvalue weighted by atomic mass is 10.3. The van der Waals surface area contributed by atoms with Crippen molar-refractivity contribution in [3.05, 3.63) is 11.8 Å². The lowest BCUT2D eigenvalue weighted by Gasteiger charge is -2.24. The summed E-state index contributed by atoms with van der Waals surface area (Å²) in [5.41, 5.74) is -0.963. The quantitative estimate of drug-likeness (QED) is 0.891. The normalized spacial score (nSPS) is 15.3. The molecule has 1 heterocycles. The van der Waals surface area contributed by atoms with Crippen LogP contribution in [0, 0.1) is 0 Å². The topological polar surface area (TPSA) is 52.5 Å². The number of aliphatic hydroxyl groups excluding tert-OH is 1. The summed E-state index contributed by atoms with van der Waals surface area (Å²) in [7, 11) is 3.25. The van der Waals surface area contributed by atoms with Gasteiger partial charge in [-0.1, -0.05) is 0 Å². The fraction of sp³-hybridized carbons (Fsp3) is 0.667. The van der Waals surface area contributed by atoms with Gasteiger partial charge < -0.3 is 14.9 Å². The second kappa shape index (κ2) is 5.43. The zero-order chi connectivity index (χ0) is 14.9. The average Bonchev–Trinajstić information content (AvgIpc) is 3.18. The van der Waals surface area contributed by atoms with E-state index in [1.165, 1.54) is 4.90 Å². The maximum atomic E-state index is 12.9. The number of rotatable bonds is 5. The lowest BCUT2D eigenvalue weighted by molar-refractivity contribution is -0.141. The molecule has 1 aliphatic carbocycles. The molecule has 0 atom stereocenters. The van der Waals surface area contributed by atoms with E-state index >= 15 is 0 Å². The molecule has 1 N–H and O–H groups in total. The minimum atomic E-state index is -4.52. The first-order chi connectivity index (χ1) is 9.32. The fourth-order valence-corrected chi connectivity index (χ4v) is 1.86. The maximum Gasteiger partial charge on any atom is 0.433 e. The Labute approximate surface area is 115 Å². The summed E-state index contributed by atoms with van der Waals surface area (Å²) in [6.07, 6.45) is -2.75. The van der Waals surface area contributed by atoms with Gasteiger partial charge in [0.25, 0.3) is 0 Å². The standard InChI is InChI=1S/C12H17F3N4O/c1-18(2)10-7-9(12(13,14)15)16-11(17-10)19(5-6-20)8-3-4-8/h7-8,20H,3-6H2,1-2H3. The Morgan fingerprint density at radius 2 is 1.95 bits per heavy atom. The molecule has 0 spiro atoms. The van der Waals surface area contributed by atoms with Crippen LogP contribution in [0.25, 0.3) is 0 Å². The molecule has 2 rings (SSSR count). The van der Waals surface area contributed by atoms with Crippen LogP contribution in [-0.2, 0) is 6.18 Å². The summed E-state index contributed by atoms with van der Waals surface area (Å²) in [5, 5.41) is 9.05. The van der Waals surface area contributed by atoms with Gasteiger partial charge in [0.05, 0.1) is 6.61 Å². The van der Waals surface area contributed by atoms with E-state index in [9.17, 15) is 13.2 Å². The van der Waals surface area contributed by atoms with Crippen LogP contribution in [0.3, 0.4) is 0 Å². The number of aromatic nitrogens is 2. The van der Waals surface area contributed by atoms with Gasteiger partial charge in [0, 0.05) is 32.7 Å². The number of alkyl halides is 3. The highest BCUT2D eigenvalue weighted by molar-refractivity contribution is 5.46. The van der Waals surface area contributed by atoms with Crippen LogP contribution in [0.15, 0.2) is 6.07 Å². The van der Waals surface area contributed by atoms with Gasteiger partial charge in [-0.15, -0.1) is 0 Å². The van der Waals surface area contributed by atoms with Crippen LogP contribution in [0.2, 0.25) is 0 Å². The summed E-state index contributed by atoms with van der Waals surface area (Å²) >= 11 is 0. The first-order valence-electron chi connectivity index (χ1n) is 6.34. The average molecular weight is 290 g/mol. The van der Waals surface area contributed by atoms with Gasteiger partial charge >= 0.3 is 6.18 Å². The van der Waals surface area contributed by atoms with E-state index in [0.717, 1.165) is 18.9 Å². The molecule has 5 nitrogen and oxygen atoms in total. The third kappa shape index (κ3) is 3.30. The van der Waals surface area contributed by atoms with E-state index in [0.29, 0.717) is 0 Å². The third-order valence-corrected chi connectivity index (χ3v) is 3.03. The molecule has 0 radical (unpaired) electrons. The van der Waals surface area contributed by atoms with Gasteiger partial charge in [-0.05, 0) is 12.8 Å². The van der Waals surface area contributed by atoms with Crippen LogP contribution in [-0.4, -0.2) is 48.4 Å². The smallest absolute Gasteiger partial charge is 0.395 e. The number of nitrogens with zero attached hydrogens (tertiary/aromatic N) is 4. The van der Waals surface area contributed by atoms with Gasteiger partial charge in [0.1, 0.15) is 5.82 Å². The molecule has 0 aliphatic heterocycles. The molecule has 0 saturated heterocycles. The summed E-state index contributed by atoms with van der Waals surface area (Å²) < 4.78 is 38.7.